The van der Waals surface area contributed by atoms with Crippen molar-refractivity contribution in [2.45, 2.75) is 110 Å². The summed E-state index contributed by atoms with van der Waals surface area (Å²) in [7, 11) is 0.853. The monoisotopic (exact) mass is 910 g/mol. The third-order valence-electron chi connectivity index (χ3n) is 17.7. The lowest BCUT2D eigenvalue weighted by Crippen LogP contribution is -2.37. The van der Waals surface area contributed by atoms with Crippen LogP contribution in [0.3, 0.4) is 0 Å². The van der Waals surface area contributed by atoms with Crippen LogP contribution >= 0.6 is 11.3 Å². The van der Waals surface area contributed by atoms with Crippen molar-refractivity contribution in [3.05, 3.63) is 172 Å². The van der Waals surface area contributed by atoms with Crippen LogP contribution in [-0.4, -0.2) is 11.8 Å². The molecule has 0 radical (unpaired) electrons. The molecule has 0 saturated carbocycles. The largest absolute Gasteiger partial charge is 0.355 e. The predicted octanol–water partition coefficient (Wildman–Crippen LogP) is 16.3. The SMILES string of the molecule is CC1c2ccccc2-c2cc3c(cc21)c1ccc(-c2cc4c(cc2Nc2ccc(C(C)(C)C)cc2)sc2cc5c(cc24)C(C)(C)CCC5(C)C)c2c1n3-c1cc3c(cc1B2)-c1ccccc1C3(C)C. The molecule has 1 N–H and O–H groups in total. The number of fused-ring (bicyclic) bond motifs is 15. The number of hydrogen-bond donors (Lipinski definition) is 1. The van der Waals surface area contributed by atoms with Crippen LogP contribution in [0.2, 0.25) is 0 Å². The second-order valence-electron chi connectivity index (χ2n) is 24.1. The van der Waals surface area contributed by atoms with Crippen LogP contribution in [0, 0.1) is 0 Å². The lowest BCUT2D eigenvalue weighted by Gasteiger charge is -2.41. The fraction of sp³-hybridized carbons (Fsp3) is 0.262. The van der Waals surface area contributed by atoms with Gasteiger partial charge >= 0.3 is 0 Å². The fourth-order valence-corrected chi connectivity index (χ4v) is 14.7. The smallest absolute Gasteiger partial charge is 0.198 e. The highest BCUT2D eigenvalue weighted by atomic mass is 32.1. The van der Waals surface area contributed by atoms with Crippen molar-refractivity contribution in [3.8, 4) is 39.1 Å². The first-order valence-electron chi connectivity index (χ1n) is 25.4. The van der Waals surface area contributed by atoms with E-state index in [1.165, 1.54) is 144 Å². The average molecular weight is 911 g/mol. The maximum Gasteiger partial charge on any atom is 0.198 e. The van der Waals surface area contributed by atoms with E-state index in [1.54, 1.807) is 0 Å². The van der Waals surface area contributed by atoms with Gasteiger partial charge in [-0.15, -0.1) is 11.3 Å². The molecule has 10 aromatic rings. The Balaban J connectivity index is 1.06. The highest BCUT2D eigenvalue weighted by Gasteiger charge is 2.40. The molecule has 2 aromatic heterocycles. The molecule has 8 aromatic carbocycles. The maximum absolute atomic E-state index is 4.04. The van der Waals surface area contributed by atoms with E-state index < -0.39 is 0 Å². The highest BCUT2D eigenvalue weighted by Crippen LogP contribution is 2.53. The summed E-state index contributed by atoms with van der Waals surface area (Å²) in [5.41, 5.74) is 27.4. The first kappa shape index (κ1) is 41.6. The van der Waals surface area contributed by atoms with Gasteiger partial charge in [-0.3, -0.25) is 0 Å². The molecular formula is C65H59BN2S. The molecule has 4 heteroatoms. The molecule has 0 fully saturated rings. The van der Waals surface area contributed by atoms with E-state index >= 15 is 0 Å². The van der Waals surface area contributed by atoms with E-state index in [1.807, 2.05) is 11.3 Å². The maximum atomic E-state index is 4.04. The third kappa shape index (κ3) is 5.73. The Kier molecular flexibility index (Phi) is 8.26. The van der Waals surface area contributed by atoms with Crippen molar-refractivity contribution in [2.24, 2.45) is 0 Å². The Hall–Kier alpha value is -6.36. The molecule has 3 aliphatic carbocycles. The molecule has 4 aliphatic rings. The van der Waals surface area contributed by atoms with Gasteiger partial charge in [-0.2, -0.15) is 0 Å². The van der Waals surface area contributed by atoms with E-state index in [2.05, 4.69) is 213 Å². The number of anilines is 2. The molecule has 1 unspecified atom stereocenters. The zero-order chi connectivity index (χ0) is 47.3. The van der Waals surface area contributed by atoms with Crippen LogP contribution in [0.4, 0.5) is 11.4 Å². The first-order chi connectivity index (χ1) is 33.0. The number of rotatable bonds is 3. The number of thiophene rings is 1. The molecule has 338 valence electrons. The van der Waals surface area contributed by atoms with E-state index in [0.717, 1.165) is 18.7 Å². The van der Waals surface area contributed by atoms with Crippen LogP contribution in [0.1, 0.15) is 127 Å². The second-order valence-corrected chi connectivity index (χ2v) is 25.2. The van der Waals surface area contributed by atoms with Crippen molar-refractivity contribution < 1.29 is 0 Å². The minimum atomic E-state index is -0.102. The number of nitrogens with zero attached hydrogens (tertiary/aromatic N) is 1. The van der Waals surface area contributed by atoms with Crippen molar-refractivity contribution in [3.63, 3.8) is 0 Å². The van der Waals surface area contributed by atoms with Crippen molar-refractivity contribution in [1.82, 2.24) is 4.57 Å². The van der Waals surface area contributed by atoms with Gasteiger partial charge in [-0.1, -0.05) is 154 Å². The lowest BCUT2D eigenvalue weighted by atomic mass is 9.58. The Bertz CT molecular complexity index is 3920. The Morgan fingerprint density at radius 3 is 2.03 bits per heavy atom. The molecule has 0 saturated heterocycles. The van der Waals surface area contributed by atoms with E-state index in [9.17, 15) is 0 Å². The quantitative estimate of drug-likeness (QED) is 0.175. The molecule has 0 spiro atoms. The number of hydrogen-bond acceptors (Lipinski definition) is 2. The molecule has 1 atom stereocenters. The van der Waals surface area contributed by atoms with E-state index in [4.69, 9.17) is 0 Å². The van der Waals surface area contributed by atoms with E-state index in [0.29, 0.717) is 5.92 Å². The van der Waals surface area contributed by atoms with Gasteiger partial charge in [-0.25, -0.2) is 0 Å². The molecule has 0 bridgehead atoms. The van der Waals surface area contributed by atoms with Gasteiger partial charge < -0.3 is 9.88 Å². The zero-order valence-electron chi connectivity index (χ0n) is 41.8. The van der Waals surface area contributed by atoms with Crippen molar-refractivity contribution in [2.75, 3.05) is 5.32 Å². The normalized spacial score (nSPS) is 17.6. The lowest BCUT2D eigenvalue weighted by molar-refractivity contribution is 0.332. The molecule has 3 heterocycles. The van der Waals surface area contributed by atoms with Crippen LogP contribution in [0.25, 0.3) is 81.0 Å². The Morgan fingerprint density at radius 1 is 0.565 bits per heavy atom. The second kappa shape index (κ2) is 13.7. The van der Waals surface area contributed by atoms with E-state index in [-0.39, 0.29) is 21.7 Å². The van der Waals surface area contributed by atoms with Gasteiger partial charge in [0, 0.05) is 70.4 Å². The summed E-state index contributed by atoms with van der Waals surface area (Å²) in [4.78, 5) is 0. The van der Waals surface area contributed by atoms with Crippen LogP contribution < -0.4 is 16.2 Å². The Labute approximate surface area is 411 Å². The highest BCUT2D eigenvalue weighted by molar-refractivity contribution is 7.25. The minimum Gasteiger partial charge on any atom is -0.355 e. The number of aromatic nitrogens is 1. The summed E-state index contributed by atoms with van der Waals surface area (Å²) in [6.45, 7) is 23.9. The van der Waals surface area contributed by atoms with Gasteiger partial charge in [0.2, 0.25) is 0 Å². The summed E-state index contributed by atoms with van der Waals surface area (Å²) in [6, 6.07) is 52.7. The summed E-state index contributed by atoms with van der Waals surface area (Å²) in [5.74, 6) is 0.346. The van der Waals surface area contributed by atoms with Gasteiger partial charge in [0.15, 0.2) is 7.28 Å². The van der Waals surface area contributed by atoms with Crippen molar-refractivity contribution in [1.29, 1.82) is 0 Å². The summed E-state index contributed by atoms with van der Waals surface area (Å²) in [6.07, 6.45) is 2.41. The molecule has 2 nitrogen and oxygen atoms in total. The topological polar surface area (TPSA) is 17.0 Å². The van der Waals surface area contributed by atoms with Crippen LogP contribution in [-0.2, 0) is 21.7 Å². The standard InChI is InChI=1S/C65H59BN2S/c1-35-38-15-11-12-16-39(38)44-31-56-47(27-43(35)44)42-24-23-41(60-61(42)68(56)57-32-51-45(30-54(57)66-60)40-17-13-14-18-50(40)65(51,9)10)46-28-48-49-29-52-53(64(7,8)26-25-63(52,5)6)33-58(49)69-59(48)34-55(46)67-37-21-19-36(20-22-37)62(2,3)4/h11-24,27-35,66-67H,25-26H2,1-10H3. The molecular weight excluding hydrogens is 852 g/mol. The molecule has 1 aliphatic heterocycles. The summed E-state index contributed by atoms with van der Waals surface area (Å²) >= 11 is 1.96. The Morgan fingerprint density at radius 2 is 1.26 bits per heavy atom. The fourth-order valence-electron chi connectivity index (χ4n) is 13.5. The predicted molar refractivity (Wildman–Crippen MR) is 300 cm³/mol. The van der Waals surface area contributed by atoms with Crippen molar-refractivity contribution >= 4 is 82.9 Å². The first-order valence-corrected chi connectivity index (χ1v) is 26.2. The third-order valence-corrected chi connectivity index (χ3v) is 18.8. The van der Waals surface area contributed by atoms with Crippen LogP contribution in [0.15, 0.2) is 133 Å². The van der Waals surface area contributed by atoms with Gasteiger partial charge in [-0.05, 0) is 156 Å². The zero-order valence-corrected chi connectivity index (χ0v) is 42.6. The van der Waals surface area contributed by atoms with Gasteiger partial charge in [0.1, 0.15) is 0 Å². The minimum absolute atomic E-state index is 0.0777. The summed E-state index contributed by atoms with van der Waals surface area (Å²) in [5, 5.41) is 9.47. The average Bonchev–Trinajstić information content (AvgIpc) is 4.01. The molecule has 0 amide bonds. The number of nitrogens with one attached hydrogen (secondary N) is 1. The molecule has 14 rings (SSSR count). The molecule has 69 heavy (non-hydrogen) atoms. The van der Waals surface area contributed by atoms with Crippen LogP contribution in [0.5, 0.6) is 0 Å². The number of benzene rings is 8. The van der Waals surface area contributed by atoms with Gasteiger partial charge in [0.25, 0.3) is 0 Å². The van der Waals surface area contributed by atoms with Gasteiger partial charge in [0.05, 0.1) is 5.52 Å². The summed E-state index contributed by atoms with van der Waals surface area (Å²) < 4.78 is 5.40.